The molecular weight excluding hydrogens is 286 g/mol. The van der Waals surface area contributed by atoms with E-state index in [9.17, 15) is 22.3 Å². The predicted octanol–water partition coefficient (Wildman–Crippen LogP) is 1.98. The highest BCUT2D eigenvalue weighted by molar-refractivity contribution is 7.93. The molecule has 3 rings (SSSR count). The lowest BCUT2D eigenvalue weighted by Gasteiger charge is -2.36. The molecule has 2 atom stereocenters. The lowest BCUT2D eigenvalue weighted by atomic mass is 9.86. The maximum atomic E-state index is 13.7. The molecule has 2 saturated heterocycles. The molecule has 1 aromatic carbocycles. The van der Waals surface area contributed by atoms with E-state index in [2.05, 4.69) is 0 Å². The number of fused-ring (bicyclic) bond motifs is 2. The molecule has 0 aromatic heterocycles. The summed E-state index contributed by atoms with van der Waals surface area (Å²) in [4.78, 5) is 0. The largest absolute Gasteiger partial charge is 0.389 e. The van der Waals surface area contributed by atoms with Gasteiger partial charge >= 0.3 is 0 Å². The van der Waals surface area contributed by atoms with Gasteiger partial charge in [-0.2, -0.15) is 0 Å². The summed E-state index contributed by atoms with van der Waals surface area (Å²) >= 11 is 0. The number of hydrogen-bond acceptors (Lipinski definition) is 3. The molecule has 0 saturated carbocycles. The summed E-state index contributed by atoms with van der Waals surface area (Å²) in [6.45, 7) is 0. The third kappa shape index (κ3) is 2.24. The van der Waals surface area contributed by atoms with Gasteiger partial charge in [0.2, 0.25) is 0 Å². The Balaban J connectivity index is 1.85. The Morgan fingerprint density at radius 1 is 1.20 bits per heavy atom. The summed E-state index contributed by atoms with van der Waals surface area (Å²) in [5, 5.41) is 9.57. The first-order valence-corrected chi connectivity index (χ1v) is 8.30. The minimum atomic E-state index is -3.12. The van der Waals surface area contributed by atoms with Crippen LogP contribution < -0.4 is 0 Å². The summed E-state index contributed by atoms with van der Waals surface area (Å²) in [6.07, 6.45) is 1.45. The molecule has 0 amide bonds. The molecule has 2 aliphatic rings. The molecule has 0 aliphatic carbocycles. The van der Waals surface area contributed by atoms with Gasteiger partial charge in [-0.3, -0.25) is 0 Å². The number of aliphatic hydroxyl groups is 1. The van der Waals surface area contributed by atoms with Crippen LogP contribution in [0.2, 0.25) is 0 Å². The molecule has 3 nitrogen and oxygen atoms in total. The van der Waals surface area contributed by atoms with Gasteiger partial charge in [0.15, 0.2) is 9.84 Å². The van der Waals surface area contributed by atoms with Crippen LogP contribution in [0.25, 0.3) is 0 Å². The summed E-state index contributed by atoms with van der Waals surface area (Å²) in [6, 6.07) is 3.25. The van der Waals surface area contributed by atoms with Gasteiger partial charge < -0.3 is 5.11 Å². The van der Waals surface area contributed by atoms with Crippen molar-refractivity contribution in [2.75, 3.05) is 0 Å². The fourth-order valence-electron chi connectivity index (χ4n) is 3.50. The fourth-order valence-corrected chi connectivity index (χ4v) is 6.06. The molecule has 110 valence electrons. The molecule has 1 N–H and O–H groups in total. The summed E-state index contributed by atoms with van der Waals surface area (Å²) < 4.78 is 50.5. The second-order valence-corrected chi connectivity index (χ2v) is 8.47. The van der Waals surface area contributed by atoms with Gasteiger partial charge in [-0.1, -0.05) is 6.07 Å². The van der Waals surface area contributed by atoms with E-state index in [4.69, 9.17) is 0 Å². The second kappa shape index (κ2) is 4.49. The van der Waals surface area contributed by atoms with E-state index in [0.29, 0.717) is 12.8 Å². The van der Waals surface area contributed by atoms with Crippen molar-refractivity contribution in [3.8, 4) is 0 Å². The van der Waals surface area contributed by atoms with Gasteiger partial charge in [0, 0.05) is 12.5 Å². The molecule has 6 heteroatoms. The smallest absolute Gasteiger partial charge is 0.156 e. The van der Waals surface area contributed by atoms with Crippen LogP contribution in [0.3, 0.4) is 0 Å². The van der Waals surface area contributed by atoms with Gasteiger partial charge in [-0.05, 0) is 37.3 Å². The molecule has 1 aromatic rings. The van der Waals surface area contributed by atoms with Crippen LogP contribution in [0.15, 0.2) is 18.2 Å². The van der Waals surface area contributed by atoms with Gasteiger partial charge in [0.25, 0.3) is 0 Å². The Hall–Kier alpha value is -1.01. The van der Waals surface area contributed by atoms with Crippen LogP contribution in [0.4, 0.5) is 8.78 Å². The molecule has 2 heterocycles. The zero-order valence-electron chi connectivity index (χ0n) is 10.9. The summed E-state index contributed by atoms with van der Waals surface area (Å²) in [5.41, 5.74) is -0.983. The first-order chi connectivity index (χ1) is 9.30. The normalized spacial score (nSPS) is 35.1. The standard InChI is InChI=1S/C14H16F2O3S/c15-10-2-1-9(13(16)5-10)6-14(17)7-11-3-4-12(8-14)20(11,18)19/h1-2,5,11-12,17H,3-4,6-8H2. The van der Waals surface area contributed by atoms with Crippen molar-refractivity contribution in [3.05, 3.63) is 35.4 Å². The molecular formula is C14H16F2O3S. The van der Waals surface area contributed by atoms with Crippen molar-refractivity contribution in [1.29, 1.82) is 0 Å². The van der Waals surface area contributed by atoms with Crippen LogP contribution in [0, 0.1) is 11.6 Å². The number of sulfone groups is 1. The topological polar surface area (TPSA) is 54.4 Å². The highest BCUT2D eigenvalue weighted by Crippen LogP contribution is 2.44. The van der Waals surface area contributed by atoms with Crippen molar-refractivity contribution in [2.45, 2.75) is 48.2 Å². The van der Waals surface area contributed by atoms with Crippen molar-refractivity contribution < 1.29 is 22.3 Å². The van der Waals surface area contributed by atoms with E-state index in [1.807, 2.05) is 0 Å². The zero-order chi connectivity index (χ0) is 14.5. The average Bonchev–Trinajstić information content (AvgIpc) is 2.53. The quantitative estimate of drug-likeness (QED) is 0.909. The number of benzene rings is 1. The van der Waals surface area contributed by atoms with E-state index >= 15 is 0 Å². The van der Waals surface area contributed by atoms with E-state index in [1.54, 1.807) is 0 Å². The first kappa shape index (κ1) is 13.9. The summed E-state index contributed by atoms with van der Waals surface area (Å²) in [5.74, 6) is -1.36. The molecule has 20 heavy (non-hydrogen) atoms. The highest BCUT2D eigenvalue weighted by Gasteiger charge is 2.52. The van der Waals surface area contributed by atoms with E-state index in [0.717, 1.165) is 12.1 Å². The van der Waals surface area contributed by atoms with Crippen LogP contribution in [0.5, 0.6) is 0 Å². The van der Waals surface area contributed by atoms with E-state index in [1.165, 1.54) is 6.07 Å². The minimum absolute atomic E-state index is 0.0294. The monoisotopic (exact) mass is 302 g/mol. The number of hydrogen-bond donors (Lipinski definition) is 1. The number of halogens is 2. The maximum absolute atomic E-state index is 13.7. The second-order valence-electron chi connectivity index (χ2n) is 5.96. The van der Waals surface area contributed by atoms with Gasteiger partial charge in [-0.15, -0.1) is 0 Å². The van der Waals surface area contributed by atoms with Crippen molar-refractivity contribution >= 4 is 9.84 Å². The Morgan fingerprint density at radius 3 is 2.35 bits per heavy atom. The van der Waals surface area contributed by atoms with Crippen molar-refractivity contribution in [2.24, 2.45) is 0 Å². The number of rotatable bonds is 2. The molecule has 2 aliphatic heterocycles. The SMILES string of the molecule is O=S1(=O)C2CCC1CC(O)(Cc1ccc(F)cc1F)C2. The van der Waals surface area contributed by atoms with Crippen LogP contribution >= 0.6 is 0 Å². The summed E-state index contributed by atoms with van der Waals surface area (Å²) in [7, 11) is -3.12. The van der Waals surface area contributed by atoms with Crippen molar-refractivity contribution in [1.82, 2.24) is 0 Å². The molecule has 0 spiro atoms. The first-order valence-electron chi connectivity index (χ1n) is 6.69. The van der Waals surface area contributed by atoms with Crippen LogP contribution in [-0.2, 0) is 16.3 Å². The van der Waals surface area contributed by atoms with Crippen LogP contribution in [-0.4, -0.2) is 29.6 Å². The molecule has 2 bridgehead atoms. The predicted molar refractivity (Wildman–Crippen MR) is 70.0 cm³/mol. The van der Waals surface area contributed by atoms with Gasteiger partial charge in [0.05, 0.1) is 16.1 Å². The lowest BCUT2D eigenvalue weighted by Crippen LogP contribution is -2.46. The Morgan fingerprint density at radius 2 is 1.80 bits per heavy atom. The highest BCUT2D eigenvalue weighted by atomic mass is 32.2. The molecule has 0 radical (unpaired) electrons. The van der Waals surface area contributed by atoms with Crippen molar-refractivity contribution in [3.63, 3.8) is 0 Å². The zero-order valence-corrected chi connectivity index (χ0v) is 11.7. The third-order valence-electron chi connectivity index (χ3n) is 4.49. The van der Waals surface area contributed by atoms with Crippen LogP contribution in [0.1, 0.15) is 31.2 Å². The van der Waals surface area contributed by atoms with E-state index < -0.39 is 37.6 Å². The Labute approximate surface area is 116 Å². The van der Waals surface area contributed by atoms with Gasteiger partial charge in [-0.25, -0.2) is 17.2 Å². The maximum Gasteiger partial charge on any atom is 0.156 e. The van der Waals surface area contributed by atoms with Gasteiger partial charge in [0.1, 0.15) is 11.6 Å². The third-order valence-corrected chi connectivity index (χ3v) is 7.15. The van der Waals surface area contributed by atoms with E-state index in [-0.39, 0.29) is 24.8 Å². The minimum Gasteiger partial charge on any atom is -0.389 e. The Kier molecular flexibility index (Phi) is 3.14. The fraction of sp³-hybridized carbons (Fsp3) is 0.571. The molecule has 2 unspecified atom stereocenters. The molecule has 2 fully saturated rings. The lowest BCUT2D eigenvalue weighted by molar-refractivity contribution is 0.0211. The Bertz CT molecular complexity index is 622. The average molecular weight is 302 g/mol.